The Morgan fingerprint density at radius 3 is 1.96 bits per heavy atom. The average Bonchev–Trinajstić information content (AvgIpc) is 3.25. The second kappa shape index (κ2) is 7.78. The minimum Gasteiger partial charge on any atom is -0.338 e. The fourth-order valence-electron chi connectivity index (χ4n) is 4.66. The van der Waals surface area contributed by atoms with Gasteiger partial charge in [-0.25, -0.2) is 0 Å². The highest BCUT2D eigenvalue weighted by molar-refractivity contribution is 5.94. The van der Waals surface area contributed by atoms with Crippen molar-refractivity contribution in [1.82, 2.24) is 9.80 Å². The number of carbonyl (C=O) groups is 2. The van der Waals surface area contributed by atoms with Gasteiger partial charge in [0.25, 0.3) is 5.91 Å². The van der Waals surface area contributed by atoms with Crippen molar-refractivity contribution in [2.45, 2.75) is 38.0 Å². The smallest absolute Gasteiger partial charge is 0.253 e. The van der Waals surface area contributed by atoms with Crippen molar-refractivity contribution in [3.8, 4) is 0 Å². The van der Waals surface area contributed by atoms with Crippen LogP contribution in [0.15, 0.2) is 54.6 Å². The summed E-state index contributed by atoms with van der Waals surface area (Å²) in [6.45, 7) is 4.45. The molecule has 0 aromatic heterocycles. The Morgan fingerprint density at radius 1 is 0.786 bits per heavy atom. The maximum absolute atomic E-state index is 13.5. The molecular weight excluding hydrogens is 348 g/mol. The Hall–Kier alpha value is -2.62. The lowest BCUT2D eigenvalue weighted by Gasteiger charge is -2.40. The third-order valence-corrected chi connectivity index (χ3v) is 6.35. The van der Waals surface area contributed by atoms with Gasteiger partial charge in [-0.15, -0.1) is 0 Å². The number of amides is 2. The largest absolute Gasteiger partial charge is 0.338 e. The first-order valence-electron chi connectivity index (χ1n) is 10.3. The lowest BCUT2D eigenvalue weighted by Crippen LogP contribution is -2.55. The molecular formula is C24H28N2O2. The van der Waals surface area contributed by atoms with E-state index in [0.717, 1.165) is 42.4 Å². The predicted molar refractivity (Wildman–Crippen MR) is 110 cm³/mol. The van der Waals surface area contributed by atoms with Crippen LogP contribution in [0.3, 0.4) is 0 Å². The van der Waals surface area contributed by atoms with Crippen LogP contribution in [0.25, 0.3) is 0 Å². The van der Waals surface area contributed by atoms with Gasteiger partial charge in [0.1, 0.15) is 0 Å². The average molecular weight is 377 g/mol. The molecule has 1 heterocycles. The van der Waals surface area contributed by atoms with Gasteiger partial charge in [-0.2, -0.15) is 0 Å². The van der Waals surface area contributed by atoms with Crippen LogP contribution in [0, 0.1) is 6.92 Å². The third kappa shape index (κ3) is 3.44. The Labute approximate surface area is 167 Å². The number of carbonyl (C=O) groups excluding carboxylic acids is 2. The SMILES string of the molecule is Cc1ccc(C(=O)N2CCN(C(=O)C3(c4ccccc4)CCCC3)CC2)cc1. The van der Waals surface area contributed by atoms with E-state index < -0.39 is 0 Å². The molecule has 0 bridgehead atoms. The van der Waals surface area contributed by atoms with Gasteiger partial charge in [0.15, 0.2) is 0 Å². The molecule has 4 heteroatoms. The summed E-state index contributed by atoms with van der Waals surface area (Å²) >= 11 is 0. The summed E-state index contributed by atoms with van der Waals surface area (Å²) in [7, 11) is 0. The molecule has 28 heavy (non-hydrogen) atoms. The molecule has 2 aromatic rings. The van der Waals surface area contributed by atoms with Gasteiger partial charge in [-0.3, -0.25) is 9.59 Å². The fraction of sp³-hybridized carbons (Fsp3) is 0.417. The number of hydrogen-bond donors (Lipinski definition) is 0. The molecule has 1 saturated carbocycles. The lowest BCUT2D eigenvalue weighted by molar-refractivity contribution is -0.138. The van der Waals surface area contributed by atoms with Crippen LogP contribution >= 0.6 is 0 Å². The molecule has 0 radical (unpaired) electrons. The quantitative estimate of drug-likeness (QED) is 0.818. The number of benzene rings is 2. The molecule has 0 N–H and O–H groups in total. The van der Waals surface area contributed by atoms with Crippen LogP contribution in [0.2, 0.25) is 0 Å². The van der Waals surface area contributed by atoms with E-state index in [2.05, 4.69) is 12.1 Å². The molecule has 2 fully saturated rings. The van der Waals surface area contributed by atoms with Crippen molar-refractivity contribution in [3.05, 3.63) is 71.3 Å². The zero-order chi connectivity index (χ0) is 19.6. The topological polar surface area (TPSA) is 40.6 Å². The molecule has 0 spiro atoms. The van der Waals surface area contributed by atoms with Crippen molar-refractivity contribution in [1.29, 1.82) is 0 Å². The molecule has 2 amide bonds. The predicted octanol–water partition coefficient (Wildman–Crippen LogP) is 3.79. The van der Waals surface area contributed by atoms with Crippen LogP contribution in [0.4, 0.5) is 0 Å². The molecule has 0 unspecified atom stereocenters. The third-order valence-electron chi connectivity index (χ3n) is 6.35. The number of piperazine rings is 1. The highest BCUT2D eigenvalue weighted by Gasteiger charge is 2.45. The van der Waals surface area contributed by atoms with Gasteiger partial charge in [0, 0.05) is 31.7 Å². The van der Waals surface area contributed by atoms with Crippen molar-refractivity contribution in [2.75, 3.05) is 26.2 Å². The Kier molecular flexibility index (Phi) is 5.21. The minimum atomic E-state index is -0.371. The van der Waals surface area contributed by atoms with Gasteiger partial charge < -0.3 is 9.80 Å². The monoisotopic (exact) mass is 376 g/mol. The van der Waals surface area contributed by atoms with Crippen LogP contribution in [0.5, 0.6) is 0 Å². The Balaban J connectivity index is 1.45. The zero-order valence-electron chi connectivity index (χ0n) is 16.6. The molecule has 1 aliphatic carbocycles. The number of aryl methyl sites for hydroxylation is 1. The summed E-state index contributed by atoms with van der Waals surface area (Å²) in [5.74, 6) is 0.310. The molecule has 0 atom stereocenters. The molecule has 2 aliphatic rings. The van der Waals surface area contributed by atoms with E-state index >= 15 is 0 Å². The van der Waals surface area contributed by atoms with Gasteiger partial charge in [-0.05, 0) is 37.5 Å². The van der Waals surface area contributed by atoms with Crippen molar-refractivity contribution in [3.63, 3.8) is 0 Å². The highest BCUT2D eigenvalue weighted by atomic mass is 16.2. The van der Waals surface area contributed by atoms with Crippen LogP contribution < -0.4 is 0 Å². The highest BCUT2D eigenvalue weighted by Crippen LogP contribution is 2.42. The summed E-state index contributed by atoms with van der Waals surface area (Å²) < 4.78 is 0. The lowest BCUT2D eigenvalue weighted by atomic mass is 9.77. The van der Waals surface area contributed by atoms with Crippen molar-refractivity contribution in [2.24, 2.45) is 0 Å². The first-order chi connectivity index (χ1) is 13.6. The summed E-state index contributed by atoms with van der Waals surface area (Å²) in [4.78, 5) is 30.1. The van der Waals surface area contributed by atoms with Gasteiger partial charge in [0.05, 0.1) is 5.41 Å². The summed E-state index contributed by atoms with van der Waals surface area (Å²) in [6, 6.07) is 18.0. The van der Waals surface area contributed by atoms with Crippen LogP contribution in [-0.4, -0.2) is 47.8 Å². The molecule has 1 saturated heterocycles. The van der Waals surface area contributed by atoms with E-state index in [9.17, 15) is 9.59 Å². The zero-order valence-corrected chi connectivity index (χ0v) is 16.6. The van der Waals surface area contributed by atoms with E-state index in [1.165, 1.54) is 0 Å². The number of rotatable bonds is 3. The molecule has 2 aromatic carbocycles. The first kappa shape index (κ1) is 18.7. The van der Waals surface area contributed by atoms with E-state index in [0.29, 0.717) is 26.2 Å². The van der Waals surface area contributed by atoms with Crippen molar-refractivity contribution >= 4 is 11.8 Å². The summed E-state index contributed by atoms with van der Waals surface area (Å²) in [5.41, 5.74) is 2.65. The molecule has 4 nitrogen and oxygen atoms in total. The van der Waals surface area contributed by atoms with Crippen LogP contribution in [-0.2, 0) is 10.2 Å². The maximum atomic E-state index is 13.5. The summed E-state index contributed by atoms with van der Waals surface area (Å²) in [5, 5.41) is 0. The molecule has 1 aliphatic heterocycles. The van der Waals surface area contributed by atoms with Gasteiger partial charge in [0.2, 0.25) is 5.91 Å². The Morgan fingerprint density at radius 2 is 1.36 bits per heavy atom. The van der Waals surface area contributed by atoms with E-state index in [1.807, 2.05) is 59.2 Å². The minimum absolute atomic E-state index is 0.0609. The standard InChI is InChI=1S/C24H28N2O2/c1-19-9-11-20(12-10-19)22(27)25-15-17-26(18-16-25)23(28)24(13-5-6-14-24)21-7-3-2-4-8-21/h2-4,7-12H,5-6,13-18H2,1H3. The van der Waals surface area contributed by atoms with Gasteiger partial charge in [-0.1, -0.05) is 60.9 Å². The van der Waals surface area contributed by atoms with Crippen LogP contribution in [0.1, 0.15) is 47.2 Å². The van der Waals surface area contributed by atoms with E-state index in [1.54, 1.807) is 0 Å². The second-order valence-electron chi connectivity index (χ2n) is 8.11. The fourth-order valence-corrected chi connectivity index (χ4v) is 4.66. The van der Waals surface area contributed by atoms with Crippen molar-refractivity contribution < 1.29 is 9.59 Å². The molecule has 4 rings (SSSR count). The maximum Gasteiger partial charge on any atom is 0.253 e. The molecule has 146 valence electrons. The Bertz CT molecular complexity index is 831. The summed E-state index contributed by atoms with van der Waals surface area (Å²) in [6.07, 6.45) is 4.07. The number of nitrogens with zero attached hydrogens (tertiary/aromatic N) is 2. The van der Waals surface area contributed by atoms with E-state index in [4.69, 9.17) is 0 Å². The van der Waals surface area contributed by atoms with E-state index in [-0.39, 0.29) is 17.2 Å². The van der Waals surface area contributed by atoms with Gasteiger partial charge >= 0.3 is 0 Å². The number of hydrogen-bond acceptors (Lipinski definition) is 2. The second-order valence-corrected chi connectivity index (χ2v) is 8.11. The normalized spacial score (nSPS) is 18.9. The first-order valence-corrected chi connectivity index (χ1v) is 10.3.